The number of fused-ring (bicyclic) bond motifs is 1. The molecular weight excluding hydrogens is 426 g/mol. The normalized spacial score (nSPS) is 12.4. The summed E-state index contributed by atoms with van der Waals surface area (Å²) in [6.45, 7) is 1.23. The van der Waals surface area contributed by atoms with Crippen LogP contribution in [0, 0.1) is 10.1 Å². The van der Waals surface area contributed by atoms with Crippen LogP contribution in [0.3, 0.4) is 0 Å². The molecule has 1 aliphatic rings. The monoisotopic (exact) mass is 445 g/mol. The maximum Gasteiger partial charge on any atom is 0.269 e. The van der Waals surface area contributed by atoms with E-state index in [1.165, 1.54) is 18.2 Å². The van der Waals surface area contributed by atoms with Crippen LogP contribution in [0.5, 0.6) is 23.0 Å². The Labute approximate surface area is 188 Å². The van der Waals surface area contributed by atoms with Gasteiger partial charge in [-0.25, -0.2) is 0 Å². The molecule has 0 atom stereocenters. The predicted octanol–water partition coefficient (Wildman–Crippen LogP) is 4.71. The van der Waals surface area contributed by atoms with E-state index in [4.69, 9.17) is 14.2 Å². The van der Waals surface area contributed by atoms with E-state index >= 15 is 0 Å². The molecule has 5 rings (SSSR count). The lowest BCUT2D eigenvalue weighted by atomic mass is 10.0. The molecule has 0 saturated heterocycles. The first kappa shape index (κ1) is 20.4. The number of aromatic nitrogens is 2. The first-order valence-corrected chi connectivity index (χ1v) is 10.2. The van der Waals surface area contributed by atoms with E-state index in [0.717, 1.165) is 16.7 Å². The van der Waals surface area contributed by atoms with Gasteiger partial charge in [0.2, 0.25) is 0 Å². The van der Waals surface area contributed by atoms with Crippen LogP contribution in [0.25, 0.3) is 22.4 Å². The molecule has 0 aliphatic carbocycles. The van der Waals surface area contributed by atoms with Gasteiger partial charge in [-0.2, -0.15) is 5.10 Å². The second-order valence-electron chi connectivity index (χ2n) is 7.41. The number of H-pyrrole nitrogens is 1. The number of hydrogen-bond donors (Lipinski definition) is 2. The molecule has 0 radical (unpaired) electrons. The van der Waals surface area contributed by atoms with Crippen LogP contribution in [-0.2, 0) is 6.61 Å². The Kier molecular flexibility index (Phi) is 5.27. The molecule has 33 heavy (non-hydrogen) atoms. The lowest BCUT2D eigenvalue weighted by Gasteiger charge is -2.19. The van der Waals surface area contributed by atoms with Crippen molar-refractivity contribution in [3.63, 3.8) is 0 Å². The molecule has 166 valence electrons. The SMILES string of the molecule is O=[N+]([O-])c1ccc(COc2ccc(-c3[nH]ncc3-c3ccc4c(c3)OCCO4)c(O)c2)cc1. The van der Waals surface area contributed by atoms with Gasteiger partial charge in [0.05, 0.1) is 16.8 Å². The Morgan fingerprint density at radius 1 is 1.00 bits per heavy atom. The van der Waals surface area contributed by atoms with Crippen LogP contribution >= 0.6 is 0 Å². The van der Waals surface area contributed by atoms with Gasteiger partial charge in [0.1, 0.15) is 31.3 Å². The van der Waals surface area contributed by atoms with Crippen LogP contribution < -0.4 is 14.2 Å². The van der Waals surface area contributed by atoms with E-state index in [9.17, 15) is 15.2 Å². The minimum absolute atomic E-state index is 0.0223. The number of phenolic OH excluding ortho intramolecular Hbond substituents is 1. The van der Waals surface area contributed by atoms with Crippen molar-refractivity contribution in [3.8, 4) is 45.4 Å². The Balaban J connectivity index is 1.35. The summed E-state index contributed by atoms with van der Waals surface area (Å²) < 4.78 is 17.0. The first-order valence-electron chi connectivity index (χ1n) is 10.2. The molecule has 2 N–H and O–H groups in total. The Morgan fingerprint density at radius 2 is 1.79 bits per heavy atom. The molecule has 0 saturated carbocycles. The van der Waals surface area contributed by atoms with Crippen molar-refractivity contribution in [3.05, 3.63) is 82.5 Å². The highest BCUT2D eigenvalue weighted by atomic mass is 16.6. The van der Waals surface area contributed by atoms with E-state index in [1.807, 2.05) is 18.2 Å². The fourth-order valence-electron chi connectivity index (χ4n) is 3.61. The quantitative estimate of drug-likeness (QED) is 0.326. The third-order valence-electron chi connectivity index (χ3n) is 5.28. The zero-order valence-electron chi connectivity index (χ0n) is 17.4. The molecule has 0 spiro atoms. The molecule has 0 fully saturated rings. The molecule has 0 unspecified atom stereocenters. The van der Waals surface area contributed by atoms with Crippen molar-refractivity contribution in [1.29, 1.82) is 0 Å². The lowest BCUT2D eigenvalue weighted by molar-refractivity contribution is -0.384. The number of nitrogens with zero attached hydrogens (tertiary/aromatic N) is 2. The van der Waals surface area contributed by atoms with Crippen LogP contribution in [0.1, 0.15) is 5.56 Å². The number of nitro groups is 1. The fraction of sp³-hybridized carbons (Fsp3) is 0.125. The zero-order chi connectivity index (χ0) is 22.8. The van der Waals surface area contributed by atoms with Gasteiger partial charge in [0.15, 0.2) is 11.5 Å². The first-order chi connectivity index (χ1) is 16.1. The van der Waals surface area contributed by atoms with E-state index in [0.29, 0.717) is 41.7 Å². The second-order valence-corrected chi connectivity index (χ2v) is 7.41. The summed E-state index contributed by atoms with van der Waals surface area (Å²) in [4.78, 5) is 10.3. The number of aromatic amines is 1. The number of rotatable bonds is 6. The van der Waals surface area contributed by atoms with Crippen molar-refractivity contribution >= 4 is 5.69 Å². The molecule has 1 aromatic heterocycles. The van der Waals surface area contributed by atoms with Crippen LogP contribution in [0.4, 0.5) is 5.69 Å². The molecule has 1 aliphatic heterocycles. The summed E-state index contributed by atoms with van der Waals surface area (Å²) >= 11 is 0. The molecular formula is C24H19N3O6. The van der Waals surface area contributed by atoms with E-state index in [-0.39, 0.29) is 18.0 Å². The summed E-state index contributed by atoms with van der Waals surface area (Å²) in [5.74, 6) is 1.87. The minimum Gasteiger partial charge on any atom is -0.507 e. The average molecular weight is 445 g/mol. The molecule has 4 aromatic rings. The number of phenols is 1. The van der Waals surface area contributed by atoms with Gasteiger partial charge in [-0.3, -0.25) is 15.2 Å². The number of non-ortho nitro benzene ring substituents is 1. The van der Waals surface area contributed by atoms with Crippen molar-refractivity contribution < 1.29 is 24.2 Å². The molecule has 0 amide bonds. The number of benzene rings is 3. The highest BCUT2D eigenvalue weighted by Crippen LogP contribution is 2.40. The van der Waals surface area contributed by atoms with Gasteiger partial charge in [0, 0.05) is 29.3 Å². The van der Waals surface area contributed by atoms with Crippen molar-refractivity contribution in [2.45, 2.75) is 6.61 Å². The number of nitro benzene ring substituents is 1. The topological polar surface area (TPSA) is 120 Å². The maximum absolute atomic E-state index is 10.8. The number of hydrogen-bond acceptors (Lipinski definition) is 7. The Bertz CT molecular complexity index is 1320. The van der Waals surface area contributed by atoms with Gasteiger partial charge >= 0.3 is 0 Å². The minimum atomic E-state index is -0.448. The van der Waals surface area contributed by atoms with Gasteiger partial charge in [-0.1, -0.05) is 6.07 Å². The standard InChI is InChI=1S/C24H19N3O6/c28-21-12-18(33-14-15-1-4-17(5-2-15)27(29)30)6-7-19(21)24-20(13-25-26-24)16-3-8-22-23(11-16)32-10-9-31-22/h1-8,11-13,28H,9-10,14H2,(H,25,26). The number of ether oxygens (including phenoxy) is 3. The van der Waals surface area contributed by atoms with E-state index in [2.05, 4.69) is 10.2 Å². The van der Waals surface area contributed by atoms with Crippen LogP contribution in [-0.4, -0.2) is 33.4 Å². The Morgan fingerprint density at radius 3 is 2.55 bits per heavy atom. The summed E-state index contributed by atoms with van der Waals surface area (Å²) in [5.41, 5.74) is 3.71. The van der Waals surface area contributed by atoms with Crippen LogP contribution in [0.15, 0.2) is 66.9 Å². The fourth-order valence-corrected chi connectivity index (χ4v) is 3.61. The van der Waals surface area contributed by atoms with Crippen molar-refractivity contribution in [1.82, 2.24) is 10.2 Å². The highest BCUT2D eigenvalue weighted by molar-refractivity contribution is 5.84. The van der Waals surface area contributed by atoms with E-state index < -0.39 is 4.92 Å². The van der Waals surface area contributed by atoms with Crippen molar-refractivity contribution in [2.75, 3.05) is 13.2 Å². The van der Waals surface area contributed by atoms with Crippen LogP contribution in [0.2, 0.25) is 0 Å². The predicted molar refractivity (Wildman–Crippen MR) is 120 cm³/mol. The largest absolute Gasteiger partial charge is 0.507 e. The zero-order valence-corrected chi connectivity index (χ0v) is 17.4. The molecule has 0 bridgehead atoms. The number of aromatic hydroxyl groups is 1. The Hall–Kier alpha value is -4.53. The molecule has 3 aromatic carbocycles. The summed E-state index contributed by atoms with van der Waals surface area (Å²) in [7, 11) is 0. The summed E-state index contributed by atoms with van der Waals surface area (Å²) in [6.07, 6.45) is 1.69. The third-order valence-corrected chi connectivity index (χ3v) is 5.28. The summed E-state index contributed by atoms with van der Waals surface area (Å²) in [5, 5.41) is 28.6. The van der Waals surface area contributed by atoms with Gasteiger partial charge in [-0.05, 0) is 47.5 Å². The molecule has 9 nitrogen and oxygen atoms in total. The highest BCUT2D eigenvalue weighted by Gasteiger charge is 2.18. The van der Waals surface area contributed by atoms with Gasteiger partial charge < -0.3 is 19.3 Å². The van der Waals surface area contributed by atoms with Gasteiger partial charge in [0.25, 0.3) is 5.69 Å². The third kappa shape index (κ3) is 4.16. The average Bonchev–Trinajstić information content (AvgIpc) is 3.32. The lowest BCUT2D eigenvalue weighted by Crippen LogP contribution is -2.15. The number of nitrogens with one attached hydrogen (secondary N) is 1. The van der Waals surface area contributed by atoms with E-state index in [1.54, 1.807) is 30.5 Å². The summed E-state index contributed by atoms with van der Waals surface area (Å²) in [6, 6.07) is 16.8. The van der Waals surface area contributed by atoms with Crippen molar-refractivity contribution in [2.24, 2.45) is 0 Å². The molecule has 2 heterocycles. The molecule has 9 heteroatoms. The van der Waals surface area contributed by atoms with Gasteiger partial charge in [-0.15, -0.1) is 0 Å². The smallest absolute Gasteiger partial charge is 0.269 e. The maximum atomic E-state index is 10.8. The second kappa shape index (κ2) is 8.54.